The van der Waals surface area contributed by atoms with Gasteiger partial charge in [0.05, 0.1) is 7.11 Å². The number of ether oxygens (including phenoxy) is 1. The zero-order valence-corrected chi connectivity index (χ0v) is 17.3. The van der Waals surface area contributed by atoms with E-state index in [2.05, 4.69) is 22.5 Å². The molecule has 3 rings (SSSR count). The highest BCUT2D eigenvalue weighted by molar-refractivity contribution is 5.94. The molecule has 0 spiro atoms. The molecule has 7 heteroatoms. The van der Waals surface area contributed by atoms with Gasteiger partial charge in [-0.05, 0) is 24.6 Å². The number of rotatable bonds is 8. The number of pyridine rings is 1. The van der Waals surface area contributed by atoms with E-state index in [1.54, 1.807) is 7.11 Å². The van der Waals surface area contributed by atoms with E-state index < -0.39 is 0 Å². The number of carbonyl (C=O) groups excluding carboxylic acids is 1. The molecule has 4 N–H and O–H groups in total. The Bertz CT molecular complexity index is 834. The second-order valence-corrected chi connectivity index (χ2v) is 7.30. The summed E-state index contributed by atoms with van der Waals surface area (Å²) < 4.78 is 5.58. The molecule has 1 amide bonds. The summed E-state index contributed by atoms with van der Waals surface area (Å²) in [5.74, 6) is 1.22. The van der Waals surface area contributed by atoms with Crippen molar-refractivity contribution in [1.29, 1.82) is 0 Å². The molecule has 1 aliphatic heterocycles. The van der Waals surface area contributed by atoms with Crippen molar-refractivity contribution < 1.29 is 9.53 Å². The van der Waals surface area contributed by atoms with E-state index >= 15 is 0 Å². The zero-order chi connectivity index (χ0) is 20.6. The van der Waals surface area contributed by atoms with Crippen LogP contribution in [-0.2, 0) is 6.42 Å². The maximum Gasteiger partial charge on any atom is 0.254 e. The number of hydrogen-bond donors (Lipinski definition) is 3. The van der Waals surface area contributed by atoms with Gasteiger partial charge in [-0.3, -0.25) is 4.79 Å². The van der Waals surface area contributed by atoms with Crippen LogP contribution in [0.4, 0.5) is 11.5 Å². The molecule has 0 aliphatic carbocycles. The van der Waals surface area contributed by atoms with E-state index in [0.717, 1.165) is 62.5 Å². The summed E-state index contributed by atoms with van der Waals surface area (Å²) in [4.78, 5) is 19.1. The number of hydrogen-bond acceptors (Lipinski definition) is 6. The number of nitrogen functional groups attached to an aromatic ring is 1. The molecule has 0 unspecified atom stereocenters. The SMILES string of the molecule is CCCCNc1cc(N)nc(Cc2ccc(C(=O)N3CCNCC3)cc2OC)c1. The summed E-state index contributed by atoms with van der Waals surface area (Å²) in [6, 6.07) is 9.52. The lowest BCUT2D eigenvalue weighted by Gasteiger charge is -2.27. The summed E-state index contributed by atoms with van der Waals surface area (Å²) in [5.41, 5.74) is 9.46. The predicted octanol–water partition coefficient (Wildman–Crippen LogP) is 2.52. The third-order valence-corrected chi connectivity index (χ3v) is 5.07. The minimum atomic E-state index is 0.0424. The maximum absolute atomic E-state index is 12.8. The number of unbranched alkanes of at least 4 members (excludes halogenated alkanes) is 1. The van der Waals surface area contributed by atoms with E-state index in [1.165, 1.54) is 0 Å². The molecule has 7 nitrogen and oxygen atoms in total. The van der Waals surface area contributed by atoms with Gasteiger partial charge in [-0.1, -0.05) is 19.4 Å². The van der Waals surface area contributed by atoms with Crippen molar-refractivity contribution in [3.05, 3.63) is 47.2 Å². The summed E-state index contributed by atoms with van der Waals surface area (Å²) in [6.45, 7) is 6.18. The van der Waals surface area contributed by atoms with Crippen molar-refractivity contribution in [2.45, 2.75) is 26.2 Å². The summed E-state index contributed by atoms with van der Waals surface area (Å²) in [7, 11) is 1.63. The highest BCUT2D eigenvalue weighted by Gasteiger charge is 2.19. The number of piperazine rings is 1. The van der Waals surface area contributed by atoms with Crippen LogP contribution in [0.2, 0.25) is 0 Å². The first-order valence-electron chi connectivity index (χ1n) is 10.3. The summed E-state index contributed by atoms with van der Waals surface area (Å²) >= 11 is 0. The van der Waals surface area contributed by atoms with Crippen molar-refractivity contribution in [2.24, 2.45) is 0 Å². The fraction of sp³-hybridized carbons (Fsp3) is 0.455. The number of aromatic nitrogens is 1. The quantitative estimate of drug-likeness (QED) is 0.593. The smallest absolute Gasteiger partial charge is 0.254 e. The van der Waals surface area contributed by atoms with Gasteiger partial charge in [0.25, 0.3) is 5.91 Å². The Kier molecular flexibility index (Phi) is 7.30. The molecule has 0 saturated carbocycles. The van der Waals surface area contributed by atoms with Crippen molar-refractivity contribution >= 4 is 17.4 Å². The normalized spacial score (nSPS) is 13.9. The van der Waals surface area contributed by atoms with Crippen molar-refractivity contribution in [2.75, 3.05) is 50.9 Å². The van der Waals surface area contributed by atoms with E-state index in [0.29, 0.717) is 23.6 Å². The lowest BCUT2D eigenvalue weighted by atomic mass is 10.0. The molecule has 156 valence electrons. The molecule has 0 bridgehead atoms. The molecule has 0 atom stereocenters. The Morgan fingerprint density at radius 2 is 2.07 bits per heavy atom. The van der Waals surface area contributed by atoms with Gasteiger partial charge in [0.2, 0.25) is 0 Å². The first-order chi connectivity index (χ1) is 14.1. The third-order valence-electron chi connectivity index (χ3n) is 5.07. The summed E-state index contributed by atoms with van der Waals surface area (Å²) in [5, 5.41) is 6.66. The van der Waals surface area contributed by atoms with Gasteiger partial charge in [-0.15, -0.1) is 0 Å². The fourth-order valence-electron chi connectivity index (χ4n) is 3.48. The molecule has 1 saturated heterocycles. The number of nitrogens with two attached hydrogens (primary N) is 1. The number of anilines is 2. The van der Waals surface area contributed by atoms with Gasteiger partial charge >= 0.3 is 0 Å². The average molecular weight is 398 g/mol. The number of nitrogens with zero attached hydrogens (tertiary/aromatic N) is 2. The van der Waals surface area contributed by atoms with Crippen molar-refractivity contribution in [3.63, 3.8) is 0 Å². The van der Waals surface area contributed by atoms with Gasteiger partial charge in [-0.25, -0.2) is 4.98 Å². The molecule has 1 aromatic carbocycles. The maximum atomic E-state index is 12.8. The topological polar surface area (TPSA) is 92.5 Å². The van der Waals surface area contributed by atoms with Gasteiger partial charge in [0.15, 0.2) is 0 Å². The van der Waals surface area contributed by atoms with Crippen LogP contribution in [0.15, 0.2) is 30.3 Å². The van der Waals surface area contributed by atoms with Crippen LogP contribution < -0.4 is 21.1 Å². The van der Waals surface area contributed by atoms with Gasteiger partial charge in [-0.2, -0.15) is 0 Å². The largest absolute Gasteiger partial charge is 0.496 e. The van der Waals surface area contributed by atoms with Crippen LogP contribution in [-0.4, -0.2) is 55.6 Å². The van der Waals surface area contributed by atoms with Gasteiger partial charge < -0.3 is 26.0 Å². The molecule has 2 aromatic rings. The zero-order valence-electron chi connectivity index (χ0n) is 17.3. The first-order valence-corrected chi connectivity index (χ1v) is 10.3. The van der Waals surface area contributed by atoms with E-state index in [-0.39, 0.29) is 5.91 Å². The predicted molar refractivity (Wildman–Crippen MR) is 117 cm³/mol. The molecule has 1 aliphatic rings. The second-order valence-electron chi connectivity index (χ2n) is 7.30. The molecular weight excluding hydrogens is 366 g/mol. The second kappa shape index (κ2) is 10.1. The average Bonchev–Trinajstić information content (AvgIpc) is 2.74. The third kappa shape index (κ3) is 5.60. The number of methoxy groups -OCH3 is 1. The van der Waals surface area contributed by atoms with Crippen molar-refractivity contribution in [1.82, 2.24) is 15.2 Å². The number of carbonyl (C=O) groups is 1. The lowest BCUT2D eigenvalue weighted by Crippen LogP contribution is -2.46. The van der Waals surface area contributed by atoms with Gasteiger partial charge in [0.1, 0.15) is 11.6 Å². The first kappa shape index (κ1) is 20.9. The number of benzene rings is 1. The van der Waals surface area contributed by atoms with E-state index in [9.17, 15) is 4.79 Å². The monoisotopic (exact) mass is 397 g/mol. The standard InChI is InChI=1S/C22H31N5O2/c1-3-4-7-25-18-14-19(26-21(23)15-18)12-16-5-6-17(13-20(16)29-2)22(28)27-10-8-24-9-11-27/h5-6,13-15,24H,3-4,7-12H2,1-2H3,(H3,23,25,26). The van der Waals surface area contributed by atoms with Crippen LogP contribution in [0.3, 0.4) is 0 Å². The lowest BCUT2D eigenvalue weighted by molar-refractivity contribution is 0.0735. The van der Waals surface area contributed by atoms with Crippen LogP contribution >= 0.6 is 0 Å². The van der Waals surface area contributed by atoms with Crippen LogP contribution in [0.5, 0.6) is 5.75 Å². The molecule has 29 heavy (non-hydrogen) atoms. The number of nitrogens with one attached hydrogen (secondary N) is 2. The van der Waals surface area contributed by atoms with Gasteiger partial charge in [0, 0.05) is 67.7 Å². The summed E-state index contributed by atoms with van der Waals surface area (Å²) in [6.07, 6.45) is 2.82. The Labute approximate surface area is 172 Å². The van der Waals surface area contributed by atoms with Crippen LogP contribution in [0.25, 0.3) is 0 Å². The minimum Gasteiger partial charge on any atom is -0.496 e. The Morgan fingerprint density at radius 1 is 1.28 bits per heavy atom. The number of amides is 1. The van der Waals surface area contributed by atoms with E-state index in [1.807, 2.05) is 35.2 Å². The molecule has 1 fully saturated rings. The van der Waals surface area contributed by atoms with E-state index in [4.69, 9.17) is 10.5 Å². The molecule has 0 radical (unpaired) electrons. The van der Waals surface area contributed by atoms with Crippen LogP contribution in [0, 0.1) is 0 Å². The highest BCUT2D eigenvalue weighted by Crippen LogP contribution is 2.25. The van der Waals surface area contributed by atoms with Crippen molar-refractivity contribution in [3.8, 4) is 5.75 Å². The Balaban J connectivity index is 1.76. The van der Waals surface area contributed by atoms with Crippen LogP contribution in [0.1, 0.15) is 41.4 Å². The molecule has 1 aromatic heterocycles. The highest BCUT2D eigenvalue weighted by atomic mass is 16.5. The Morgan fingerprint density at radius 3 is 2.79 bits per heavy atom. The molecular formula is C22H31N5O2. The molecule has 2 heterocycles. The fourth-order valence-corrected chi connectivity index (χ4v) is 3.48. The Hall–Kier alpha value is -2.80. The minimum absolute atomic E-state index is 0.0424.